The summed E-state index contributed by atoms with van der Waals surface area (Å²) in [5.74, 6) is 4.52. The SMILES string of the molecule is COC(=O)c1sc(C#CC(C)C)cc1N(CC(=O)O)C(=O)[C@H]1CC[C@H](C)CC1. The highest BCUT2D eigenvalue weighted by Crippen LogP contribution is 2.35. The van der Waals surface area contributed by atoms with Gasteiger partial charge in [0.2, 0.25) is 5.91 Å². The summed E-state index contributed by atoms with van der Waals surface area (Å²) in [6.45, 7) is 5.56. The summed E-state index contributed by atoms with van der Waals surface area (Å²) in [6.07, 6.45) is 3.34. The van der Waals surface area contributed by atoms with Crippen LogP contribution in [0.15, 0.2) is 6.07 Å². The van der Waals surface area contributed by atoms with Crippen LogP contribution in [0.2, 0.25) is 0 Å². The van der Waals surface area contributed by atoms with Crippen molar-refractivity contribution in [1.29, 1.82) is 0 Å². The molecule has 0 radical (unpaired) electrons. The standard InChI is InChI=1S/C21H27NO5S/c1-13(2)5-10-16-11-17(19(28-16)21(26)27-4)22(12-18(23)24)20(25)15-8-6-14(3)7-9-15/h11,13-15H,6-9,12H2,1-4H3,(H,23,24)/t14-,15-. The fourth-order valence-electron chi connectivity index (χ4n) is 3.24. The lowest BCUT2D eigenvalue weighted by atomic mass is 9.82. The largest absolute Gasteiger partial charge is 0.480 e. The van der Waals surface area contributed by atoms with E-state index < -0.39 is 18.5 Å². The first-order valence-electron chi connectivity index (χ1n) is 9.49. The van der Waals surface area contributed by atoms with E-state index in [0.29, 0.717) is 10.8 Å². The number of nitrogens with zero attached hydrogens (tertiary/aromatic N) is 1. The van der Waals surface area contributed by atoms with Gasteiger partial charge in [-0.25, -0.2) is 4.79 Å². The second-order valence-corrected chi connectivity index (χ2v) is 8.57. The van der Waals surface area contributed by atoms with Crippen LogP contribution in [0.3, 0.4) is 0 Å². The Balaban J connectivity index is 2.43. The van der Waals surface area contributed by atoms with E-state index in [2.05, 4.69) is 18.8 Å². The van der Waals surface area contributed by atoms with Crippen LogP contribution in [0.1, 0.15) is 61.0 Å². The molecular weight excluding hydrogens is 378 g/mol. The second kappa shape index (κ2) is 9.74. The predicted octanol–water partition coefficient (Wildman–Crippen LogP) is 3.79. The average Bonchev–Trinajstić information content (AvgIpc) is 3.07. The molecule has 7 heteroatoms. The number of amides is 1. The third-order valence-corrected chi connectivity index (χ3v) is 5.80. The zero-order valence-electron chi connectivity index (χ0n) is 16.8. The highest BCUT2D eigenvalue weighted by atomic mass is 32.1. The minimum atomic E-state index is -1.13. The number of carbonyl (C=O) groups is 3. The molecule has 1 heterocycles. The van der Waals surface area contributed by atoms with Crippen LogP contribution >= 0.6 is 11.3 Å². The molecule has 0 bridgehead atoms. The van der Waals surface area contributed by atoms with Crippen LogP contribution < -0.4 is 4.90 Å². The fraction of sp³-hybridized carbons (Fsp3) is 0.571. The zero-order valence-corrected chi connectivity index (χ0v) is 17.6. The normalized spacial score (nSPS) is 18.9. The van der Waals surface area contributed by atoms with E-state index in [1.807, 2.05) is 13.8 Å². The summed E-state index contributed by atoms with van der Waals surface area (Å²) < 4.78 is 4.85. The first kappa shape index (κ1) is 22.0. The number of carbonyl (C=O) groups excluding carboxylic acids is 2. The van der Waals surface area contributed by atoms with Gasteiger partial charge in [-0.1, -0.05) is 32.6 Å². The maximum Gasteiger partial charge on any atom is 0.350 e. The van der Waals surface area contributed by atoms with Crippen molar-refractivity contribution in [2.75, 3.05) is 18.6 Å². The maximum atomic E-state index is 13.2. The molecule has 2 rings (SSSR count). The Morgan fingerprint density at radius 3 is 2.46 bits per heavy atom. The Labute approximate surface area is 169 Å². The number of ether oxygens (including phenoxy) is 1. The van der Waals surface area contributed by atoms with Crippen molar-refractivity contribution in [2.45, 2.75) is 46.5 Å². The van der Waals surface area contributed by atoms with E-state index in [0.717, 1.165) is 37.0 Å². The number of hydrogen-bond donors (Lipinski definition) is 1. The van der Waals surface area contributed by atoms with Crippen LogP contribution in [0.5, 0.6) is 0 Å². The second-order valence-electron chi connectivity index (χ2n) is 7.52. The Morgan fingerprint density at radius 2 is 1.93 bits per heavy atom. The summed E-state index contributed by atoms with van der Waals surface area (Å²) >= 11 is 1.12. The average molecular weight is 406 g/mol. The van der Waals surface area contributed by atoms with Gasteiger partial charge < -0.3 is 9.84 Å². The topological polar surface area (TPSA) is 83.9 Å². The van der Waals surface area contributed by atoms with E-state index in [-0.39, 0.29) is 28.3 Å². The minimum Gasteiger partial charge on any atom is -0.480 e. The maximum absolute atomic E-state index is 13.2. The van der Waals surface area contributed by atoms with E-state index in [1.54, 1.807) is 6.07 Å². The van der Waals surface area contributed by atoms with Crippen molar-refractivity contribution < 1.29 is 24.2 Å². The molecule has 1 fully saturated rings. The van der Waals surface area contributed by atoms with Crippen molar-refractivity contribution in [3.05, 3.63) is 15.8 Å². The molecule has 1 aromatic heterocycles. The smallest absolute Gasteiger partial charge is 0.350 e. The summed E-state index contributed by atoms with van der Waals surface area (Å²) in [6, 6.07) is 1.62. The zero-order chi connectivity index (χ0) is 20.8. The molecule has 1 amide bonds. The van der Waals surface area contributed by atoms with Gasteiger partial charge in [-0.2, -0.15) is 0 Å². The van der Waals surface area contributed by atoms with Crippen molar-refractivity contribution in [3.8, 4) is 11.8 Å². The summed E-state index contributed by atoms with van der Waals surface area (Å²) in [4.78, 5) is 38.9. The Morgan fingerprint density at radius 1 is 1.29 bits per heavy atom. The quantitative estimate of drug-likeness (QED) is 0.595. The van der Waals surface area contributed by atoms with Crippen molar-refractivity contribution in [2.24, 2.45) is 17.8 Å². The van der Waals surface area contributed by atoms with E-state index in [4.69, 9.17) is 4.74 Å². The monoisotopic (exact) mass is 405 g/mol. The van der Waals surface area contributed by atoms with Crippen molar-refractivity contribution in [3.63, 3.8) is 0 Å². The highest BCUT2D eigenvalue weighted by molar-refractivity contribution is 7.15. The van der Waals surface area contributed by atoms with Gasteiger partial charge >= 0.3 is 11.9 Å². The number of rotatable bonds is 5. The van der Waals surface area contributed by atoms with Gasteiger partial charge in [0.05, 0.1) is 17.7 Å². The van der Waals surface area contributed by atoms with Crippen LogP contribution in [0.4, 0.5) is 5.69 Å². The molecular formula is C21H27NO5S. The Kier molecular flexibility index (Phi) is 7.64. The number of esters is 1. The summed E-state index contributed by atoms with van der Waals surface area (Å²) in [5, 5.41) is 9.37. The van der Waals surface area contributed by atoms with Gasteiger partial charge in [0.25, 0.3) is 0 Å². The number of carboxylic acids is 1. The van der Waals surface area contributed by atoms with E-state index in [9.17, 15) is 19.5 Å². The van der Waals surface area contributed by atoms with Crippen molar-refractivity contribution >= 4 is 34.9 Å². The van der Waals surface area contributed by atoms with Gasteiger partial charge in [-0.3, -0.25) is 14.5 Å². The van der Waals surface area contributed by atoms with Gasteiger partial charge in [0.1, 0.15) is 11.4 Å². The molecule has 1 N–H and O–H groups in total. The molecule has 1 aliphatic carbocycles. The molecule has 1 aromatic rings. The fourth-order valence-corrected chi connectivity index (χ4v) is 4.18. The van der Waals surface area contributed by atoms with Gasteiger partial charge in [-0.15, -0.1) is 11.3 Å². The Hall–Kier alpha value is -2.33. The molecule has 6 nitrogen and oxygen atoms in total. The van der Waals surface area contributed by atoms with Crippen LogP contribution in [0, 0.1) is 29.6 Å². The third-order valence-electron chi connectivity index (χ3n) is 4.78. The third kappa shape index (κ3) is 5.59. The molecule has 0 atom stereocenters. The van der Waals surface area contributed by atoms with Crippen molar-refractivity contribution in [1.82, 2.24) is 0 Å². The van der Waals surface area contributed by atoms with Crippen LogP contribution in [0.25, 0.3) is 0 Å². The number of methoxy groups -OCH3 is 1. The molecule has 1 aliphatic rings. The molecule has 0 unspecified atom stereocenters. The number of thiophene rings is 1. The molecule has 28 heavy (non-hydrogen) atoms. The number of aliphatic carboxylic acids is 1. The van der Waals surface area contributed by atoms with E-state index >= 15 is 0 Å². The van der Waals surface area contributed by atoms with Gasteiger partial charge in [-0.05, 0) is 37.7 Å². The minimum absolute atomic E-state index is 0.146. The van der Waals surface area contributed by atoms with Gasteiger partial charge in [0, 0.05) is 11.8 Å². The lowest BCUT2D eigenvalue weighted by Gasteiger charge is -2.30. The molecule has 1 saturated carbocycles. The summed E-state index contributed by atoms with van der Waals surface area (Å²) in [7, 11) is 1.26. The number of hydrogen-bond acceptors (Lipinski definition) is 5. The molecule has 0 spiro atoms. The highest BCUT2D eigenvalue weighted by Gasteiger charge is 2.33. The lowest BCUT2D eigenvalue weighted by Crippen LogP contribution is -2.41. The van der Waals surface area contributed by atoms with Crippen LogP contribution in [-0.2, 0) is 14.3 Å². The molecule has 152 valence electrons. The molecule has 0 aromatic carbocycles. The lowest BCUT2D eigenvalue weighted by molar-refractivity contribution is -0.137. The first-order chi connectivity index (χ1) is 13.2. The number of anilines is 1. The van der Waals surface area contributed by atoms with Crippen LogP contribution in [-0.4, -0.2) is 36.6 Å². The molecule has 0 saturated heterocycles. The predicted molar refractivity (Wildman–Crippen MR) is 108 cm³/mol. The Bertz CT molecular complexity index is 793. The number of carboxylic acid groups (broad SMARTS) is 1. The first-order valence-corrected chi connectivity index (χ1v) is 10.3. The summed E-state index contributed by atoms with van der Waals surface area (Å²) in [5.41, 5.74) is 0.274. The van der Waals surface area contributed by atoms with E-state index in [1.165, 1.54) is 12.0 Å². The van der Waals surface area contributed by atoms with Gasteiger partial charge in [0.15, 0.2) is 0 Å². The molecule has 0 aliphatic heterocycles.